The van der Waals surface area contributed by atoms with Crippen LogP contribution >= 0.6 is 15.9 Å². The lowest BCUT2D eigenvalue weighted by atomic mass is 10.3. The third-order valence-corrected chi connectivity index (χ3v) is 3.02. The van der Waals surface area contributed by atoms with Crippen LogP contribution in [0, 0.1) is 5.82 Å². The van der Waals surface area contributed by atoms with E-state index in [1.54, 1.807) is 0 Å². The van der Waals surface area contributed by atoms with E-state index in [1.165, 1.54) is 0 Å². The molecule has 72 valence electrons. The topological polar surface area (TPSA) is 80.4 Å². The van der Waals surface area contributed by atoms with Gasteiger partial charge in [-0.2, -0.15) is 0 Å². The van der Waals surface area contributed by atoms with Gasteiger partial charge in [0, 0.05) is 0 Å². The Bertz CT molecular complexity index is 445. The van der Waals surface area contributed by atoms with E-state index >= 15 is 0 Å². The third-order valence-electron chi connectivity index (χ3n) is 1.33. The lowest BCUT2D eigenvalue weighted by Crippen LogP contribution is -2.14. The zero-order chi connectivity index (χ0) is 10.2. The summed E-state index contributed by atoms with van der Waals surface area (Å²) >= 11 is 2.68. The standard InChI is InChI=1S/C6H5BrFNO3S/c7-5-3(10)1-2-4(6(5)8)13(9,11)12/h1-2,10H,(H2,9,11,12). The summed E-state index contributed by atoms with van der Waals surface area (Å²) in [6.07, 6.45) is 0. The van der Waals surface area contributed by atoms with Crippen LogP contribution in [0.1, 0.15) is 0 Å². The molecule has 3 N–H and O–H groups in total. The molecule has 0 fully saturated rings. The number of primary sulfonamides is 1. The van der Waals surface area contributed by atoms with Crippen molar-refractivity contribution in [2.75, 3.05) is 0 Å². The fourth-order valence-electron chi connectivity index (χ4n) is 0.741. The Labute approximate surface area is 82.4 Å². The minimum Gasteiger partial charge on any atom is -0.507 e. The Morgan fingerprint density at radius 3 is 2.46 bits per heavy atom. The summed E-state index contributed by atoms with van der Waals surface area (Å²) in [4.78, 5) is -0.655. The molecule has 0 atom stereocenters. The Balaban J connectivity index is 3.53. The van der Waals surface area contributed by atoms with E-state index < -0.39 is 20.7 Å². The second-order valence-electron chi connectivity index (χ2n) is 2.26. The molecule has 0 saturated heterocycles. The van der Waals surface area contributed by atoms with Crippen molar-refractivity contribution in [3.63, 3.8) is 0 Å². The molecule has 13 heavy (non-hydrogen) atoms. The first-order valence-corrected chi connectivity index (χ1v) is 5.37. The predicted octanol–water partition coefficient (Wildman–Crippen LogP) is 0.941. The highest BCUT2D eigenvalue weighted by Gasteiger charge is 2.18. The minimum absolute atomic E-state index is 0.320. The van der Waals surface area contributed by atoms with Crippen molar-refractivity contribution < 1.29 is 17.9 Å². The number of nitrogens with two attached hydrogens (primary N) is 1. The van der Waals surface area contributed by atoms with Crippen LogP contribution < -0.4 is 5.14 Å². The molecule has 0 amide bonds. The normalized spacial score (nSPS) is 11.6. The van der Waals surface area contributed by atoms with Crippen LogP contribution in [0.15, 0.2) is 21.5 Å². The van der Waals surface area contributed by atoms with Gasteiger partial charge in [0.25, 0.3) is 0 Å². The molecule has 0 spiro atoms. The molecule has 0 heterocycles. The fraction of sp³-hybridized carbons (Fsp3) is 0. The average Bonchev–Trinajstić information content (AvgIpc) is 1.98. The molecule has 4 nitrogen and oxygen atoms in total. The van der Waals surface area contributed by atoms with Crippen molar-refractivity contribution in [3.05, 3.63) is 22.4 Å². The van der Waals surface area contributed by atoms with Crippen LogP contribution in [-0.2, 0) is 10.0 Å². The molecule has 0 saturated carbocycles. The summed E-state index contributed by atoms with van der Waals surface area (Å²) in [5, 5.41) is 13.7. The van der Waals surface area contributed by atoms with Gasteiger partial charge >= 0.3 is 0 Å². The van der Waals surface area contributed by atoms with Gasteiger partial charge in [-0.15, -0.1) is 0 Å². The zero-order valence-corrected chi connectivity index (χ0v) is 8.56. The van der Waals surface area contributed by atoms with E-state index in [1.807, 2.05) is 0 Å². The second kappa shape index (κ2) is 3.24. The van der Waals surface area contributed by atoms with Crippen molar-refractivity contribution in [1.82, 2.24) is 0 Å². The van der Waals surface area contributed by atoms with Crippen LogP contribution in [-0.4, -0.2) is 13.5 Å². The van der Waals surface area contributed by atoms with Crippen molar-refractivity contribution in [1.29, 1.82) is 0 Å². The van der Waals surface area contributed by atoms with Crippen LogP contribution in [0.4, 0.5) is 4.39 Å². The Hall–Kier alpha value is -0.660. The fourth-order valence-corrected chi connectivity index (χ4v) is 1.83. The number of sulfonamides is 1. The van der Waals surface area contributed by atoms with Gasteiger partial charge in [0.2, 0.25) is 10.0 Å². The smallest absolute Gasteiger partial charge is 0.241 e. The molecular weight excluding hydrogens is 265 g/mol. The van der Waals surface area contributed by atoms with Gasteiger partial charge in [-0.3, -0.25) is 0 Å². The summed E-state index contributed by atoms with van der Waals surface area (Å²) < 4.78 is 34.3. The minimum atomic E-state index is -4.09. The maximum atomic E-state index is 13.1. The molecule has 0 unspecified atom stereocenters. The van der Waals surface area contributed by atoms with Crippen LogP contribution in [0.2, 0.25) is 0 Å². The van der Waals surface area contributed by atoms with E-state index in [0.717, 1.165) is 12.1 Å². The number of phenols is 1. The van der Waals surface area contributed by atoms with Gasteiger partial charge in [-0.05, 0) is 28.1 Å². The molecular formula is C6H5BrFNO3S. The molecule has 0 aromatic heterocycles. The van der Waals surface area contributed by atoms with Crippen molar-refractivity contribution in [2.45, 2.75) is 4.90 Å². The maximum absolute atomic E-state index is 13.1. The van der Waals surface area contributed by atoms with Crippen molar-refractivity contribution in [3.8, 4) is 5.75 Å². The summed E-state index contributed by atoms with van der Waals surface area (Å²) in [6, 6.07) is 1.93. The highest BCUT2D eigenvalue weighted by molar-refractivity contribution is 9.10. The number of hydrogen-bond donors (Lipinski definition) is 2. The van der Waals surface area contributed by atoms with E-state index in [0.29, 0.717) is 0 Å². The lowest BCUT2D eigenvalue weighted by molar-refractivity contribution is 0.460. The summed E-state index contributed by atoms with van der Waals surface area (Å²) in [6.45, 7) is 0. The summed E-state index contributed by atoms with van der Waals surface area (Å²) in [7, 11) is -4.09. The monoisotopic (exact) mass is 269 g/mol. The summed E-state index contributed by atoms with van der Waals surface area (Å²) in [5.74, 6) is -1.48. The van der Waals surface area contributed by atoms with E-state index in [2.05, 4.69) is 15.9 Å². The first-order valence-electron chi connectivity index (χ1n) is 3.04. The van der Waals surface area contributed by atoms with E-state index in [4.69, 9.17) is 10.2 Å². The molecule has 0 bridgehead atoms. The third kappa shape index (κ3) is 1.98. The maximum Gasteiger partial charge on any atom is 0.241 e. The highest BCUT2D eigenvalue weighted by atomic mass is 79.9. The Morgan fingerprint density at radius 1 is 1.46 bits per heavy atom. The number of phenolic OH excluding ortho intramolecular Hbond substituents is 1. The van der Waals surface area contributed by atoms with Gasteiger partial charge in [0.15, 0.2) is 5.82 Å². The van der Waals surface area contributed by atoms with Crippen molar-refractivity contribution >= 4 is 26.0 Å². The first kappa shape index (κ1) is 10.4. The number of rotatable bonds is 1. The van der Waals surface area contributed by atoms with Crippen molar-refractivity contribution in [2.24, 2.45) is 5.14 Å². The predicted molar refractivity (Wildman–Crippen MR) is 47.1 cm³/mol. The van der Waals surface area contributed by atoms with E-state index in [9.17, 15) is 12.8 Å². The van der Waals surface area contributed by atoms with Gasteiger partial charge in [-0.1, -0.05) is 0 Å². The number of benzene rings is 1. The quantitative estimate of drug-likeness (QED) is 0.796. The van der Waals surface area contributed by atoms with Gasteiger partial charge in [0.1, 0.15) is 10.6 Å². The molecule has 1 rings (SSSR count). The molecule has 1 aromatic rings. The zero-order valence-electron chi connectivity index (χ0n) is 6.16. The number of aromatic hydroxyl groups is 1. The lowest BCUT2D eigenvalue weighted by Gasteiger charge is -2.03. The van der Waals surface area contributed by atoms with E-state index in [-0.39, 0.29) is 10.2 Å². The Morgan fingerprint density at radius 2 is 2.00 bits per heavy atom. The largest absolute Gasteiger partial charge is 0.507 e. The Kier molecular flexibility index (Phi) is 2.60. The molecule has 0 radical (unpaired) electrons. The molecule has 1 aromatic carbocycles. The molecule has 0 aliphatic carbocycles. The molecule has 0 aliphatic heterocycles. The first-order chi connectivity index (χ1) is 5.84. The highest BCUT2D eigenvalue weighted by Crippen LogP contribution is 2.30. The van der Waals surface area contributed by atoms with Crippen LogP contribution in [0.3, 0.4) is 0 Å². The van der Waals surface area contributed by atoms with Gasteiger partial charge in [0.05, 0.1) is 4.47 Å². The molecule has 0 aliphatic rings. The van der Waals surface area contributed by atoms with Gasteiger partial charge in [-0.25, -0.2) is 17.9 Å². The number of halogens is 2. The SMILES string of the molecule is NS(=O)(=O)c1ccc(O)c(Br)c1F. The molecule has 7 heteroatoms. The number of hydrogen-bond acceptors (Lipinski definition) is 3. The average molecular weight is 270 g/mol. The van der Waals surface area contributed by atoms with Crippen LogP contribution in [0.5, 0.6) is 5.75 Å². The summed E-state index contributed by atoms with van der Waals surface area (Å²) in [5.41, 5.74) is 0. The second-order valence-corrected chi connectivity index (χ2v) is 4.58. The van der Waals surface area contributed by atoms with Gasteiger partial charge < -0.3 is 5.11 Å². The van der Waals surface area contributed by atoms with Crippen LogP contribution in [0.25, 0.3) is 0 Å².